The maximum Gasteiger partial charge on any atom is 0.224 e. The maximum absolute atomic E-state index is 12.9. The third kappa shape index (κ3) is 4.07. The van der Waals surface area contributed by atoms with Crippen LogP contribution in [0.1, 0.15) is 51.4 Å². The topological polar surface area (TPSA) is 139 Å². The van der Waals surface area contributed by atoms with E-state index in [1.54, 1.807) is 0 Å². The number of likely N-dealkylation sites (tertiary alicyclic amines) is 1. The number of piperidine rings is 1. The molecule has 3 heterocycles. The van der Waals surface area contributed by atoms with Crippen molar-refractivity contribution in [3.05, 3.63) is 42.5 Å². The number of aromatic nitrogens is 5. The van der Waals surface area contributed by atoms with E-state index in [1.807, 2.05) is 47.4 Å². The van der Waals surface area contributed by atoms with E-state index in [2.05, 4.69) is 31.1 Å². The van der Waals surface area contributed by atoms with Crippen molar-refractivity contribution in [3.8, 4) is 28.5 Å². The van der Waals surface area contributed by atoms with Gasteiger partial charge in [0.25, 0.3) is 0 Å². The highest BCUT2D eigenvalue weighted by atomic mass is 16.5. The molecule has 5 atom stereocenters. The summed E-state index contributed by atoms with van der Waals surface area (Å²) in [6.45, 7) is 1.73. The number of tetrazole rings is 1. The van der Waals surface area contributed by atoms with Crippen LogP contribution in [0.2, 0.25) is 0 Å². The van der Waals surface area contributed by atoms with Crippen molar-refractivity contribution in [1.29, 1.82) is 0 Å². The summed E-state index contributed by atoms with van der Waals surface area (Å²) < 4.78 is 12.1. The summed E-state index contributed by atoms with van der Waals surface area (Å²) in [7, 11) is 0. The van der Waals surface area contributed by atoms with E-state index in [9.17, 15) is 9.59 Å². The number of carbonyl (C=O) groups is 2. The zero-order valence-electron chi connectivity index (χ0n) is 24.5. The number of hydrogen-bond acceptors (Lipinski definition) is 8. The number of carbonyl (C=O) groups excluding carboxylic acids is 2. The number of fused-ring (bicyclic) bond motifs is 1. The Labute approximate surface area is 254 Å². The Hall–Kier alpha value is -4.28. The molecule has 2 N–H and O–H groups in total. The summed E-state index contributed by atoms with van der Waals surface area (Å²) in [6.07, 6.45) is 7.92. The Kier molecular flexibility index (Phi) is 5.71. The normalized spacial score (nSPS) is 29.8. The molecule has 0 radical (unpaired) electrons. The summed E-state index contributed by atoms with van der Waals surface area (Å²) in [6, 6.07) is 13.5. The first-order valence-electron chi connectivity index (χ1n) is 15.9. The molecular formula is C33H35N7O4. The minimum absolute atomic E-state index is 0.0169. The number of amides is 2. The Morgan fingerprint density at radius 1 is 1.07 bits per heavy atom. The van der Waals surface area contributed by atoms with E-state index in [0.717, 1.165) is 58.4 Å². The van der Waals surface area contributed by atoms with Crippen LogP contribution in [-0.2, 0) is 9.59 Å². The van der Waals surface area contributed by atoms with Gasteiger partial charge in [0, 0.05) is 56.4 Å². The van der Waals surface area contributed by atoms with Crippen LogP contribution >= 0.6 is 0 Å². The molecule has 0 bridgehead atoms. The lowest BCUT2D eigenvalue weighted by Crippen LogP contribution is -2.58. The molecular weight excluding hydrogens is 558 g/mol. The average molecular weight is 594 g/mol. The molecule has 2 aromatic heterocycles. The van der Waals surface area contributed by atoms with E-state index in [0.29, 0.717) is 54.9 Å². The van der Waals surface area contributed by atoms with Crippen molar-refractivity contribution in [2.75, 3.05) is 19.6 Å². The number of hydrogen-bond donors (Lipinski definition) is 2. The van der Waals surface area contributed by atoms with Gasteiger partial charge in [0.05, 0.1) is 5.39 Å². The van der Waals surface area contributed by atoms with Gasteiger partial charge in [-0.05, 0) is 89.8 Å². The van der Waals surface area contributed by atoms with Crippen molar-refractivity contribution in [2.24, 2.45) is 28.6 Å². The SMILES string of the molecule is O=C(CC12CC3CC4(CC4C1)C32)NCCC(=O)N1CCC(Oc2cccc(-c3onc4ccc(-c5nn[nH]n5)cc34)c2)CC1. The summed E-state index contributed by atoms with van der Waals surface area (Å²) in [5.41, 5.74) is 3.37. The molecule has 1 spiro atoms. The smallest absolute Gasteiger partial charge is 0.224 e. The highest BCUT2D eigenvalue weighted by Gasteiger charge is 2.83. The molecule has 5 unspecified atom stereocenters. The van der Waals surface area contributed by atoms with Gasteiger partial charge < -0.3 is 19.5 Å². The first-order valence-corrected chi connectivity index (χ1v) is 15.9. The van der Waals surface area contributed by atoms with Gasteiger partial charge >= 0.3 is 0 Å². The van der Waals surface area contributed by atoms with Gasteiger partial charge in [-0.1, -0.05) is 17.3 Å². The Balaban J connectivity index is 0.763. The summed E-state index contributed by atoms with van der Waals surface area (Å²) in [4.78, 5) is 27.6. The summed E-state index contributed by atoms with van der Waals surface area (Å²) in [5.74, 6) is 4.78. The number of ether oxygens (including phenoxy) is 1. The van der Waals surface area contributed by atoms with E-state index < -0.39 is 0 Å². The predicted octanol–water partition coefficient (Wildman–Crippen LogP) is 4.38. The van der Waals surface area contributed by atoms with E-state index >= 15 is 0 Å². The van der Waals surface area contributed by atoms with Gasteiger partial charge in [-0.25, -0.2) is 0 Å². The maximum atomic E-state index is 12.9. The van der Waals surface area contributed by atoms with Crippen LogP contribution < -0.4 is 10.1 Å². The van der Waals surface area contributed by atoms with Gasteiger partial charge in [-0.3, -0.25) is 9.59 Å². The molecule has 2 amide bonds. The van der Waals surface area contributed by atoms with Crippen LogP contribution in [0.3, 0.4) is 0 Å². The van der Waals surface area contributed by atoms with E-state index in [4.69, 9.17) is 9.26 Å². The minimum atomic E-state index is 0.0169. The van der Waals surface area contributed by atoms with Crippen LogP contribution in [-0.4, -0.2) is 68.2 Å². The number of aromatic amines is 1. The van der Waals surface area contributed by atoms with Crippen LogP contribution in [0.25, 0.3) is 33.6 Å². The van der Waals surface area contributed by atoms with Crippen LogP contribution in [0.15, 0.2) is 47.0 Å². The van der Waals surface area contributed by atoms with Crippen LogP contribution in [0.4, 0.5) is 0 Å². The predicted molar refractivity (Wildman–Crippen MR) is 159 cm³/mol. The first-order chi connectivity index (χ1) is 21.5. The van der Waals surface area contributed by atoms with E-state index in [1.165, 1.54) is 25.7 Å². The molecule has 9 rings (SSSR count). The quantitative estimate of drug-likeness (QED) is 0.292. The lowest BCUT2D eigenvalue weighted by molar-refractivity contribution is -0.162. The highest BCUT2D eigenvalue weighted by Crippen LogP contribution is 2.90. The first kappa shape index (κ1) is 26.2. The molecule has 5 fully saturated rings. The van der Waals surface area contributed by atoms with Crippen molar-refractivity contribution in [1.82, 2.24) is 36.0 Å². The minimum Gasteiger partial charge on any atom is -0.490 e. The highest BCUT2D eigenvalue weighted by molar-refractivity contribution is 5.94. The van der Waals surface area contributed by atoms with Crippen LogP contribution in [0, 0.1) is 28.6 Å². The van der Waals surface area contributed by atoms with Gasteiger partial charge in [-0.15, -0.1) is 10.2 Å². The zero-order valence-corrected chi connectivity index (χ0v) is 24.5. The molecule has 4 saturated carbocycles. The monoisotopic (exact) mass is 593 g/mol. The second-order valence-electron chi connectivity index (χ2n) is 13.8. The van der Waals surface area contributed by atoms with Gasteiger partial charge in [0.15, 0.2) is 5.76 Å². The molecule has 1 aliphatic heterocycles. The lowest BCUT2D eigenvalue weighted by atomic mass is 9.41. The fourth-order valence-electron chi connectivity index (χ4n) is 9.64. The van der Waals surface area contributed by atoms with E-state index in [-0.39, 0.29) is 17.9 Å². The molecule has 4 aromatic rings. The Bertz CT molecular complexity index is 1760. The number of rotatable bonds is 9. The molecule has 1 saturated heterocycles. The second kappa shape index (κ2) is 9.61. The van der Waals surface area contributed by atoms with Gasteiger partial charge in [0.2, 0.25) is 17.6 Å². The van der Waals surface area contributed by atoms with Gasteiger partial charge in [-0.2, -0.15) is 5.21 Å². The second-order valence-corrected chi connectivity index (χ2v) is 13.8. The summed E-state index contributed by atoms with van der Waals surface area (Å²) >= 11 is 0. The van der Waals surface area contributed by atoms with Crippen LogP contribution in [0.5, 0.6) is 5.75 Å². The fourth-order valence-corrected chi connectivity index (χ4v) is 9.64. The number of nitrogens with one attached hydrogen (secondary N) is 2. The Morgan fingerprint density at radius 2 is 1.98 bits per heavy atom. The lowest BCUT2D eigenvalue weighted by Gasteiger charge is -2.63. The zero-order chi connectivity index (χ0) is 29.5. The number of H-pyrrole nitrogens is 1. The largest absolute Gasteiger partial charge is 0.490 e. The molecule has 4 aliphatic carbocycles. The van der Waals surface area contributed by atoms with Crippen molar-refractivity contribution < 1.29 is 18.8 Å². The number of benzene rings is 2. The van der Waals surface area contributed by atoms with Crippen molar-refractivity contribution in [3.63, 3.8) is 0 Å². The van der Waals surface area contributed by atoms with Crippen molar-refractivity contribution in [2.45, 2.75) is 57.5 Å². The third-order valence-electron chi connectivity index (χ3n) is 11.4. The average Bonchev–Trinajstić information content (AvgIpc) is 3.32. The van der Waals surface area contributed by atoms with Crippen molar-refractivity contribution >= 4 is 22.7 Å². The molecule has 11 heteroatoms. The molecule has 11 nitrogen and oxygen atoms in total. The molecule has 44 heavy (non-hydrogen) atoms. The third-order valence-corrected chi connectivity index (χ3v) is 11.4. The summed E-state index contributed by atoms with van der Waals surface area (Å²) in [5, 5.41) is 22.4. The fraction of sp³-hybridized carbons (Fsp3) is 0.515. The molecule has 2 aromatic carbocycles. The van der Waals surface area contributed by atoms with Gasteiger partial charge in [0.1, 0.15) is 17.4 Å². The molecule has 5 aliphatic rings. The molecule has 226 valence electrons. The standard InChI is InChI=1S/C33H35N7O4/c41-27(18-32-14-21-15-33(30(21)32)17-22(33)16-32)34-9-6-28(42)40-10-7-23(8-11-40)43-24-3-1-2-19(12-24)29-25-13-20(31-35-38-39-36-31)4-5-26(25)37-44-29/h1-5,12-13,21-23,30H,6-11,14-18H2,(H,34,41)(H,35,36,38,39). The Morgan fingerprint density at radius 3 is 2.82 bits per heavy atom. The number of nitrogens with zero attached hydrogens (tertiary/aromatic N) is 5.